The maximum absolute atomic E-state index is 5.64. The molecule has 2 nitrogen and oxygen atoms in total. The quantitative estimate of drug-likeness (QED) is 0.868. The first-order chi connectivity index (χ1) is 6.90. The Kier molecular flexibility index (Phi) is 3.18. The van der Waals surface area contributed by atoms with Crippen LogP contribution in [0.1, 0.15) is 5.56 Å². The molecule has 0 saturated heterocycles. The third-order valence-electron chi connectivity index (χ3n) is 1.80. The number of hydrogen-bond acceptors (Lipinski definition) is 4. The molecular weight excluding hydrogens is 212 g/mol. The minimum Gasteiger partial charge on any atom is -0.326 e. The van der Waals surface area contributed by atoms with E-state index < -0.39 is 0 Å². The SMILES string of the molecule is NCc1ccncc1Sc1cccs1. The monoisotopic (exact) mass is 222 g/mol. The first-order valence-corrected chi connectivity index (χ1v) is 5.94. The van der Waals surface area contributed by atoms with Crippen LogP contribution < -0.4 is 5.73 Å². The minimum absolute atomic E-state index is 0.566. The maximum Gasteiger partial charge on any atom is 0.0646 e. The fourth-order valence-electron chi connectivity index (χ4n) is 1.10. The zero-order chi connectivity index (χ0) is 9.80. The predicted octanol–water partition coefficient (Wildman–Crippen LogP) is 2.75. The standard InChI is InChI=1S/C10H10N2S2/c11-6-8-3-4-12-7-9(8)14-10-2-1-5-13-10/h1-5,7H,6,11H2. The van der Waals surface area contributed by atoms with E-state index in [0.717, 1.165) is 10.5 Å². The summed E-state index contributed by atoms with van der Waals surface area (Å²) >= 11 is 3.45. The van der Waals surface area contributed by atoms with Crippen molar-refractivity contribution in [1.29, 1.82) is 0 Å². The predicted molar refractivity (Wildman–Crippen MR) is 60.6 cm³/mol. The van der Waals surface area contributed by atoms with Gasteiger partial charge in [-0.2, -0.15) is 0 Å². The van der Waals surface area contributed by atoms with Crippen LogP contribution in [0.25, 0.3) is 0 Å². The van der Waals surface area contributed by atoms with Crippen LogP contribution in [-0.2, 0) is 6.54 Å². The summed E-state index contributed by atoms with van der Waals surface area (Å²) in [6.07, 6.45) is 3.65. The summed E-state index contributed by atoms with van der Waals surface area (Å²) in [5, 5.41) is 2.07. The van der Waals surface area contributed by atoms with Gasteiger partial charge < -0.3 is 5.73 Å². The maximum atomic E-state index is 5.64. The van der Waals surface area contributed by atoms with E-state index in [4.69, 9.17) is 5.73 Å². The summed E-state index contributed by atoms with van der Waals surface area (Å²) in [4.78, 5) is 5.25. The molecule has 0 aliphatic rings. The minimum atomic E-state index is 0.566. The largest absolute Gasteiger partial charge is 0.326 e. The molecule has 14 heavy (non-hydrogen) atoms. The highest BCUT2D eigenvalue weighted by Gasteiger charge is 2.03. The van der Waals surface area contributed by atoms with Gasteiger partial charge in [-0.1, -0.05) is 17.8 Å². The second-order valence-electron chi connectivity index (χ2n) is 2.72. The molecule has 0 spiro atoms. The van der Waals surface area contributed by atoms with Crippen LogP contribution in [0.15, 0.2) is 45.1 Å². The third-order valence-corrected chi connectivity index (χ3v) is 3.92. The number of nitrogens with zero attached hydrogens (tertiary/aromatic N) is 1. The highest BCUT2D eigenvalue weighted by molar-refractivity contribution is 8.01. The number of thiophene rings is 1. The molecule has 0 aliphatic heterocycles. The Morgan fingerprint density at radius 3 is 3.07 bits per heavy atom. The Balaban J connectivity index is 2.24. The van der Waals surface area contributed by atoms with Crippen molar-refractivity contribution in [2.24, 2.45) is 5.73 Å². The third kappa shape index (κ3) is 2.15. The lowest BCUT2D eigenvalue weighted by Crippen LogP contribution is -1.98. The molecule has 0 bridgehead atoms. The van der Waals surface area contributed by atoms with Gasteiger partial charge in [0.15, 0.2) is 0 Å². The second-order valence-corrected chi connectivity index (χ2v) is 5.01. The van der Waals surface area contributed by atoms with E-state index in [1.54, 1.807) is 29.3 Å². The lowest BCUT2D eigenvalue weighted by atomic mass is 10.3. The van der Waals surface area contributed by atoms with Crippen molar-refractivity contribution in [1.82, 2.24) is 4.98 Å². The zero-order valence-corrected chi connectivity index (χ0v) is 9.15. The van der Waals surface area contributed by atoms with Gasteiger partial charge >= 0.3 is 0 Å². The van der Waals surface area contributed by atoms with E-state index in [2.05, 4.69) is 16.4 Å². The molecule has 0 amide bonds. The molecule has 0 radical (unpaired) electrons. The fraction of sp³-hybridized carbons (Fsp3) is 0.100. The van der Waals surface area contributed by atoms with Crippen molar-refractivity contribution in [2.45, 2.75) is 15.6 Å². The lowest BCUT2D eigenvalue weighted by molar-refractivity contribution is 1.01. The Labute approximate surface area is 91.2 Å². The highest BCUT2D eigenvalue weighted by atomic mass is 32.2. The molecule has 0 atom stereocenters. The Bertz CT molecular complexity index is 398. The molecule has 0 fully saturated rings. The van der Waals surface area contributed by atoms with Crippen molar-refractivity contribution in [3.05, 3.63) is 41.5 Å². The Morgan fingerprint density at radius 1 is 1.43 bits per heavy atom. The first kappa shape index (κ1) is 9.71. The number of hydrogen-bond donors (Lipinski definition) is 1. The van der Waals surface area contributed by atoms with Crippen LogP contribution in [-0.4, -0.2) is 4.98 Å². The first-order valence-electron chi connectivity index (χ1n) is 4.24. The molecule has 72 valence electrons. The summed E-state index contributed by atoms with van der Waals surface area (Å²) in [6.45, 7) is 0.566. The van der Waals surface area contributed by atoms with E-state index in [9.17, 15) is 0 Å². The van der Waals surface area contributed by atoms with Gasteiger partial charge in [-0.3, -0.25) is 4.98 Å². The van der Waals surface area contributed by atoms with Crippen molar-refractivity contribution in [3.63, 3.8) is 0 Å². The van der Waals surface area contributed by atoms with E-state index in [1.807, 2.05) is 18.3 Å². The van der Waals surface area contributed by atoms with Crippen LogP contribution >= 0.6 is 23.1 Å². The van der Waals surface area contributed by atoms with Gasteiger partial charge in [0, 0.05) is 23.8 Å². The summed E-state index contributed by atoms with van der Waals surface area (Å²) in [5.74, 6) is 0. The topological polar surface area (TPSA) is 38.9 Å². The van der Waals surface area contributed by atoms with Crippen molar-refractivity contribution < 1.29 is 0 Å². The molecule has 2 aromatic rings. The molecule has 2 aromatic heterocycles. The van der Waals surface area contributed by atoms with Gasteiger partial charge in [0.1, 0.15) is 0 Å². The van der Waals surface area contributed by atoms with Gasteiger partial charge in [-0.25, -0.2) is 0 Å². The molecule has 0 unspecified atom stereocenters. The van der Waals surface area contributed by atoms with E-state index in [1.165, 1.54) is 4.21 Å². The molecule has 0 aromatic carbocycles. The average molecular weight is 222 g/mol. The van der Waals surface area contributed by atoms with E-state index >= 15 is 0 Å². The van der Waals surface area contributed by atoms with Crippen LogP contribution in [0.3, 0.4) is 0 Å². The Morgan fingerprint density at radius 2 is 2.36 bits per heavy atom. The number of nitrogens with two attached hydrogens (primary N) is 1. The zero-order valence-electron chi connectivity index (χ0n) is 7.51. The highest BCUT2D eigenvalue weighted by Crippen LogP contribution is 2.32. The number of pyridine rings is 1. The molecule has 2 rings (SSSR count). The smallest absolute Gasteiger partial charge is 0.0646 e. The second kappa shape index (κ2) is 4.59. The van der Waals surface area contributed by atoms with Crippen LogP contribution in [0.4, 0.5) is 0 Å². The summed E-state index contributed by atoms with van der Waals surface area (Å²) in [5.41, 5.74) is 6.79. The summed E-state index contributed by atoms with van der Waals surface area (Å²) in [7, 11) is 0. The molecule has 0 aliphatic carbocycles. The van der Waals surface area contributed by atoms with Gasteiger partial charge in [-0.15, -0.1) is 11.3 Å². The molecule has 0 saturated carbocycles. The summed E-state index contributed by atoms with van der Waals surface area (Å²) < 4.78 is 1.27. The molecule has 2 N–H and O–H groups in total. The van der Waals surface area contributed by atoms with Crippen LogP contribution in [0, 0.1) is 0 Å². The number of aromatic nitrogens is 1. The molecule has 2 heterocycles. The Hall–Kier alpha value is -0.840. The lowest BCUT2D eigenvalue weighted by Gasteiger charge is -2.03. The van der Waals surface area contributed by atoms with Gasteiger partial charge in [-0.05, 0) is 23.1 Å². The van der Waals surface area contributed by atoms with Crippen LogP contribution in [0.2, 0.25) is 0 Å². The number of rotatable bonds is 3. The summed E-state index contributed by atoms with van der Waals surface area (Å²) in [6, 6.07) is 6.12. The normalized spacial score (nSPS) is 10.4. The van der Waals surface area contributed by atoms with E-state index in [-0.39, 0.29) is 0 Å². The fourth-order valence-corrected chi connectivity index (χ4v) is 2.94. The van der Waals surface area contributed by atoms with Crippen molar-refractivity contribution >= 4 is 23.1 Å². The molecule has 4 heteroatoms. The van der Waals surface area contributed by atoms with Gasteiger partial charge in [0.25, 0.3) is 0 Å². The van der Waals surface area contributed by atoms with Gasteiger partial charge in [0.05, 0.1) is 4.21 Å². The van der Waals surface area contributed by atoms with Crippen molar-refractivity contribution in [3.8, 4) is 0 Å². The van der Waals surface area contributed by atoms with E-state index in [0.29, 0.717) is 6.54 Å². The molecular formula is C10H10N2S2. The van der Waals surface area contributed by atoms with Gasteiger partial charge in [0.2, 0.25) is 0 Å². The van der Waals surface area contributed by atoms with Crippen molar-refractivity contribution in [2.75, 3.05) is 0 Å². The average Bonchev–Trinajstić information content (AvgIpc) is 2.71. The van der Waals surface area contributed by atoms with Crippen LogP contribution in [0.5, 0.6) is 0 Å².